The average Bonchev–Trinajstić information content (AvgIpc) is 3.38. The number of fused-ring (bicyclic) bond motifs is 4. The van der Waals surface area contributed by atoms with Crippen molar-refractivity contribution in [3.63, 3.8) is 0 Å². The smallest absolute Gasteiger partial charge is 0.262 e. The zero-order valence-electron chi connectivity index (χ0n) is 19.4. The number of hydrogen-bond donors (Lipinski definition) is 1. The SMILES string of the molecule is Cc1cccc2c(C(=O)Nc3ccc4c(c3)C(=O)N(C)C3=NCCN34)cc(-c3ccccc3)nc12. The fourth-order valence-corrected chi connectivity index (χ4v) is 4.78. The molecule has 35 heavy (non-hydrogen) atoms. The molecule has 172 valence electrons. The zero-order chi connectivity index (χ0) is 24.1. The average molecular weight is 462 g/mol. The predicted octanol–water partition coefficient (Wildman–Crippen LogP) is 4.72. The number of hydrogen-bond acceptors (Lipinski definition) is 5. The van der Waals surface area contributed by atoms with Crippen molar-refractivity contribution in [1.29, 1.82) is 0 Å². The fraction of sp³-hybridized carbons (Fsp3) is 0.143. The quantitative estimate of drug-likeness (QED) is 0.479. The Kier molecular flexibility index (Phi) is 4.84. The monoisotopic (exact) mass is 461 g/mol. The normalized spacial score (nSPS) is 14.6. The standard InChI is InChI=1S/C28H23N5O2/c1-17-7-6-10-20-21(16-23(31-25(17)20)18-8-4-3-5-9-18)26(34)30-19-11-12-24-22(15-19)27(35)32(2)28-29-13-14-33(24)28/h3-12,15-16H,13-14H2,1-2H3,(H,30,34). The molecule has 2 aliphatic heterocycles. The lowest BCUT2D eigenvalue weighted by Crippen LogP contribution is -2.48. The minimum atomic E-state index is -0.250. The number of aromatic nitrogens is 1. The highest BCUT2D eigenvalue weighted by atomic mass is 16.2. The molecule has 0 bridgehead atoms. The number of rotatable bonds is 3. The van der Waals surface area contributed by atoms with Crippen molar-refractivity contribution in [2.24, 2.45) is 4.99 Å². The molecule has 7 nitrogen and oxygen atoms in total. The number of amides is 2. The van der Waals surface area contributed by atoms with E-state index in [9.17, 15) is 9.59 Å². The summed E-state index contributed by atoms with van der Waals surface area (Å²) in [6.45, 7) is 3.38. The molecule has 3 heterocycles. The summed E-state index contributed by atoms with van der Waals surface area (Å²) in [5.74, 6) is 0.288. The summed E-state index contributed by atoms with van der Waals surface area (Å²) >= 11 is 0. The molecule has 6 rings (SSSR count). The summed E-state index contributed by atoms with van der Waals surface area (Å²) < 4.78 is 0. The van der Waals surface area contributed by atoms with E-state index in [1.807, 2.05) is 78.6 Å². The van der Waals surface area contributed by atoms with Crippen molar-refractivity contribution in [1.82, 2.24) is 9.88 Å². The molecule has 0 aliphatic carbocycles. The molecule has 0 fully saturated rings. The van der Waals surface area contributed by atoms with Gasteiger partial charge in [0, 0.05) is 30.2 Å². The van der Waals surface area contributed by atoms with Crippen LogP contribution < -0.4 is 10.2 Å². The molecule has 0 atom stereocenters. The number of nitrogens with one attached hydrogen (secondary N) is 1. The maximum atomic E-state index is 13.6. The lowest BCUT2D eigenvalue weighted by molar-refractivity contribution is 0.0865. The minimum absolute atomic E-state index is 0.135. The van der Waals surface area contributed by atoms with Gasteiger partial charge in [-0.25, -0.2) is 4.98 Å². The molecule has 2 aliphatic rings. The number of carbonyl (C=O) groups is 2. The van der Waals surface area contributed by atoms with Crippen LogP contribution in [-0.2, 0) is 0 Å². The third-order valence-electron chi connectivity index (χ3n) is 6.55. The maximum absolute atomic E-state index is 13.6. The van der Waals surface area contributed by atoms with Crippen LogP contribution in [0.2, 0.25) is 0 Å². The van der Waals surface area contributed by atoms with Crippen molar-refractivity contribution >= 4 is 40.1 Å². The molecule has 0 radical (unpaired) electrons. The van der Waals surface area contributed by atoms with Gasteiger partial charge in [-0.2, -0.15) is 0 Å². The third kappa shape index (κ3) is 3.44. The van der Waals surface area contributed by atoms with E-state index in [1.165, 1.54) is 0 Å². The molecule has 3 aromatic carbocycles. The van der Waals surface area contributed by atoms with Gasteiger partial charge in [0.05, 0.1) is 34.6 Å². The van der Waals surface area contributed by atoms with E-state index >= 15 is 0 Å². The van der Waals surface area contributed by atoms with E-state index in [2.05, 4.69) is 10.3 Å². The van der Waals surface area contributed by atoms with E-state index < -0.39 is 0 Å². The Morgan fingerprint density at radius 1 is 1.00 bits per heavy atom. The van der Waals surface area contributed by atoms with Crippen LogP contribution in [0.5, 0.6) is 0 Å². The van der Waals surface area contributed by atoms with Crippen LogP contribution in [0.4, 0.5) is 11.4 Å². The van der Waals surface area contributed by atoms with E-state index in [-0.39, 0.29) is 11.8 Å². The Bertz CT molecular complexity index is 1540. The van der Waals surface area contributed by atoms with Gasteiger partial charge in [0.1, 0.15) is 0 Å². The molecule has 7 heteroatoms. The van der Waals surface area contributed by atoms with Crippen LogP contribution in [0.1, 0.15) is 26.3 Å². The van der Waals surface area contributed by atoms with Crippen LogP contribution in [0, 0.1) is 6.92 Å². The molecular weight excluding hydrogens is 438 g/mol. The Balaban J connectivity index is 1.40. The summed E-state index contributed by atoms with van der Waals surface area (Å²) in [6.07, 6.45) is 0. The minimum Gasteiger partial charge on any atom is -0.322 e. The molecule has 4 aromatic rings. The van der Waals surface area contributed by atoms with Gasteiger partial charge in [0.2, 0.25) is 5.96 Å². The predicted molar refractivity (Wildman–Crippen MR) is 138 cm³/mol. The van der Waals surface area contributed by atoms with Crippen LogP contribution in [0.3, 0.4) is 0 Å². The molecule has 0 saturated heterocycles. The first-order chi connectivity index (χ1) is 17.0. The number of guanidine groups is 1. The first kappa shape index (κ1) is 21.0. The number of para-hydroxylation sites is 1. The first-order valence-electron chi connectivity index (χ1n) is 11.5. The summed E-state index contributed by atoms with van der Waals surface area (Å²) in [5, 5.41) is 3.79. The van der Waals surface area contributed by atoms with Crippen LogP contribution in [0.15, 0.2) is 77.8 Å². The highest BCUT2D eigenvalue weighted by Crippen LogP contribution is 2.33. The molecule has 0 unspecified atom stereocenters. The number of carbonyl (C=O) groups excluding carboxylic acids is 2. The first-order valence-corrected chi connectivity index (χ1v) is 11.5. The second-order valence-corrected chi connectivity index (χ2v) is 8.78. The highest BCUT2D eigenvalue weighted by molar-refractivity contribution is 6.20. The van der Waals surface area contributed by atoms with E-state index in [0.717, 1.165) is 40.0 Å². The molecule has 1 aromatic heterocycles. The number of aliphatic imine (C=N–C) groups is 1. The molecule has 0 saturated carbocycles. The van der Waals surface area contributed by atoms with Crippen LogP contribution in [-0.4, -0.2) is 47.8 Å². The van der Waals surface area contributed by atoms with Crippen molar-refractivity contribution in [2.75, 3.05) is 30.4 Å². The van der Waals surface area contributed by atoms with Crippen LogP contribution in [0.25, 0.3) is 22.2 Å². The van der Waals surface area contributed by atoms with Crippen molar-refractivity contribution in [3.8, 4) is 11.3 Å². The van der Waals surface area contributed by atoms with Crippen molar-refractivity contribution < 1.29 is 9.59 Å². The third-order valence-corrected chi connectivity index (χ3v) is 6.55. The molecular formula is C28H23N5O2. The van der Waals surface area contributed by atoms with E-state index in [1.54, 1.807) is 18.0 Å². The number of benzene rings is 3. The van der Waals surface area contributed by atoms with E-state index in [4.69, 9.17) is 4.98 Å². The highest BCUT2D eigenvalue weighted by Gasteiger charge is 2.35. The Morgan fingerprint density at radius 3 is 2.66 bits per heavy atom. The summed E-state index contributed by atoms with van der Waals surface area (Å²) in [4.78, 5) is 39.4. The second-order valence-electron chi connectivity index (χ2n) is 8.78. The number of pyridine rings is 1. The van der Waals surface area contributed by atoms with Gasteiger partial charge in [-0.05, 0) is 36.8 Å². The van der Waals surface area contributed by atoms with Gasteiger partial charge in [0.25, 0.3) is 11.8 Å². The topological polar surface area (TPSA) is 77.9 Å². The number of anilines is 2. The van der Waals surface area contributed by atoms with Crippen molar-refractivity contribution in [2.45, 2.75) is 6.92 Å². The van der Waals surface area contributed by atoms with Crippen LogP contribution >= 0.6 is 0 Å². The van der Waals surface area contributed by atoms with E-state index in [0.29, 0.717) is 29.3 Å². The van der Waals surface area contributed by atoms with Gasteiger partial charge in [-0.15, -0.1) is 0 Å². The fourth-order valence-electron chi connectivity index (χ4n) is 4.78. The second kappa shape index (κ2) is 8.06. The lowest BCUT2D eigenvalue weighted by Gasteiger charge is -2.33. The summed E-state index contributed by atoms with van der Waals surface area (Å²) in [6, 6.07) is 22.9. The van der Waals surface area contributed by atoms with Gasteiger partial charge < -0.3 is 10.2 Å². The molecule has 2 amide bonds. The van der Waals surface area contributed by atoms with Gasteiger partial charge in [-0.3, -0.25) is 19.5 Å². The summed E-state index contributed by atoms with van der Waals surface area (Å²) in [7, 11) is 1.73. The molecule has 1 N–H and O–H groups in total. The van der Waals surface area contributed by atoms with Gasteiger partial charge >= 0.3 is 0 Å². The number of aryl methyl sites for hydroxylation is 1. The summed E-state index contributed by atoms with van der Waals surface area (Å²) in [5.41, 5.74) is 5.94. The van der Waals surface area contributed by atoms with Crippen molar-refractivity contribution in [3.05, 3.63) is 89.5 Å². The maximum Gasteiger partial charge on any atom is 0.262 e. The Morgan fingerprint density at radius 2 is 1.83 bits per heavy atom. The Hall–Kier alpha value is -4.52. The number of nitrogens with zero attached hydrogens (tertiary/aromatic N) is 4. The lowest BCUT2D eigenvalue weighted by atomic mass is 10.0. The van der Waals surface area contributed by atoms with Gasteiger partial charge in [-0.1, -0.05) is 48.5 Å². The molecule has 0 spiro atoms. The van der Waals surface area contributed by atoms with Gasteiger partial charge in [0.15, 0.2) is 0 Å². The zero-order valence-corrected chi connectivity index (χ0v) is 19.4. The Labute approximate surface area is 202 Å². The largest absolute Gasteiger partial charge is 0.322 e.